The smallest absolute Gasteiger partial charge is 0.290 e. The number of fused-ring (bicyclic) bond motifs is 1. The number of hydrogen-bond acceptors (Lipinski definition) is 5. The number of nitrogens with zero attached hydrogens (tertiary/aromatic N) is 3. The van der Waals surface area contributed by atoms with Crippen molar-refractivity contribution in [3.63, 3.8) is 0 Å². The molecule has 4 rings (SSSR count). The fourth-order valence-electron chi connectivity index (χ4n) is 4.10. The summed E-state index contributed by atoms with van der Waals surface area (Å²) in [7, 11) is 0. The standard InChI is InChI=1S/C26H27N5O4/c1-2-31-26(35)21-11-7-6-10-20(21)23(29-31)25(34)28-27-24(33)19-14-16-30(17-15-19)22(32)13-12-18-8-4-3-5-9-18/h3-13,19H,2,14-17H2,1H3,(H,27,33)(H,28,34)/b13-12+. The van der Waals surface area contributed by atoms with Gasteiger partial charge in [-0.3, -0.25) is 30.0 Å². The first-order chi connectivity index (χ1) is 17.0. The topological polar surface area (TPSA) is 113 Å². The number of hydrogen-bond donors (Lipinski definition) is 2. The second kappa shape index (κ2) is 10.8. The highest BCUT2D eigenvalue weighted by Gasteiger charge is 2.27. The summed E-state index contributed by atoms with van der Waals surface area (Å²) in [5.41, 5.74) is 5.63. The highest BCUT2D eigenvalue weighted by molar-refractivity contribution is 6.05. The molecule has 0 bridgehead atoms. The van der Waals surface area contributed by atoms with Crippen LogP contribution in [0.3, 0.4) is 0 Å². The van der Waals surface area contributed by atoms with Crippen LogP contribution in [-0.2, 0) is 16.1 Å². The van der Waals surface area contributed by atoms with E-state index in [4.69, 9.17) is 0 Å². The Hall–Kier alpha value is -4.27. The van der Waals surface area contributed by atoms with Crippen LogP contribution >= 0.6 is 0 Å². The van der Waals surface area contributed by atoms with Gasteiger partial charge in [-0.15, -0.1) is 0 Å². The number of rotatable bonds is 5. The Morgan fingerprint density at radius 1 is 0.971 bits per heavy atom. The first kappa shape index (κ1) is 23.9. The zero-order valence-electron chi connectivity index (χ0n) is 19.4. The van der Waals surface area contributed by atoms with Crippen molar-refractivity contribution in [1.29, 1.82) is 0 Å². The fraction of sp³-hybridized carbons (Fsp3) is 0.269. The molecule has 2 aromatic carbocycles. The van der Waals surface area contributed by atoms with Gasteiger partial charge in [0.1, 0.15) is 0 Å². The average molecular weight is 474 g/mol. The van der Waals surface area contributed by atoms with E-state index < -0.39 is 5.91 Å². The van der Waals surface area contributed by atoms with Crippen molar-refractivity contribution in [3.8, 4) is 0 Å². The van der Waals surface area contributed by atoms with Gasteiger partial charge in [0.05, 0.1) is 5.39 Å². The lowest BCUT2D eigenvalue weighted by molar-refractivity contribution is -0.132. The van der Waals surface area contributed by atoms with Crippen molar-refractivity contribution in [2.75, 3.05) is 13.1 Å². The maximum Gasteiger partial charge on any atom is 0.290 e. The van der Waals surface area contributed by atoms with E-state index in [1.54, 1.807) is 48.2 Å². The highest BCUT2D eigenvalue weighted by Crippen LogP contribution is 2.18. The Labute approximate surface area is 202 Å². The van der Waals surface area contributed by atoms with E-state index in [0.717, 1.165) is 5.56 Å². The molecule has 1 fully saturated rings. The summed E-state index contributed by atoms with van der Waals surface area (Å²) < 4.78 is 1.22. The second-order valence-electron chi connectivity index (χ2n) is 8.30. The molecule has 0 spiro atoms. The third-order valence-electron chi connectivity index (χ3n) is 6.08. The molecule has 2 N–H and O–H groups in total. The molecule has 3 aromatic rings. The van der Waals surface area contributed by atoms with Gasteiger partial charge in [-0.1, -0.05) is 48.5 Å². The van der Waals surface area contributed by atoms with Gasteiger partial charge >= 0.3 is 0 Å². The lowest BCUT2D eigenvalue weighted by Gasteiger charge is -2.30. The minimum atomic E-state index is -0.601. The number of piperidine rings is 1. The van der Waals surface area contributed by atoms with E-state index in [9.17, 15) is 19.2 Å². The van der Waals surface area contributed by atoms with Crippen molar-refractivity contribution in [3.05, 3.63) is 82.3 Å². The van der Waals surface area contributed by atoms with Crippen LogP contribution in [0.5, 0.6) is 0 Å². The van der Waals surface area contributed by atoms with Crippen LogP contribution in [0.15, 0.2) is 65.5 Å². The molecule has 3 amide bonds. The molecule has 35 heavy (non-hydrogen) atoms. The summed E-state index contributed by atoms with van der Waals surface area (Å²) in [6, 6.07) is 16.3. The number of hydrazine groups is 1. The van der Waals surface area contributed by atoms with Crippen LogP contribution in [0.2, 0.25) is 0 Å². The Kier molecular flexibility index (Phi) is 7.35. The van der Waals surface area contributed by atoms with Gasteiger partial charge in [-0.2, -0.15) is 5.10 Å². The Morgan fingerprint density at radius 3 is 2.31 bits per heavy atom. The molecule has 1 saturated heterocycles. The van der Waals surface area contributed by atoms with E-state index >= 15 is 0 Å². The Balaban J connectivity index is 1.33. The monoisotopic (exact) mass is 473 g/mol. The number of aromatic nitrogens is 2. The van der Waals surface area contributed by atoms with E-state index in [1.807, 2.05) is 30.3 Å². The van der Waals surface area contributed by atoms with Crippen molar-refractivity contribution in [2.45, 2.75) is 26.3 Å². The Morgan fingerprint density at radius 2 is 1.63 bits per heavy atom. The predicted molar refractivity (Wildman–Crippen MR) is 132 cm³/mol. The summed E-state index contributed by atoms with van der Waals surface area (Å²) in [6.45, 7) is 2.99. The number of carbonyl (C=O) groups is 3. The maximum absolute atomic E-state index is 12.8. The van der Waals surface area contributed by atoms with Crippen molar-refractivity contribution in [1.82, 2.24) is 25.5 Å². The van der Waals surface area contributed by atoms with Gasteiger partial charge < -0.3 is 4.90 Å². The van der Waals surface area contributed by atoms with Gasteiger partial charge in [0.15, 0.2) is 5.69 Å². The summed E-state index contributed by atoms with van der Waals surface area (Å²) in [6.07, 6.45) is 4.31. The molecule has 0 radical (unpaired) electrons. The number of benzene rings is 2. The summed E-state index contributed by atoms with van der Waals surface area (Å²) in [5.74, 6) is -1.34. The third kappa shape index (κ3) is 5.46. The quantitative estimate of drug-likeness (QED) is 0.435. The molecule has 1 aromatic heterocycles. The first-order valence-electron chi connectivity index (χ1n) is 11.6. The second-order valence-corrected chi connectivity index (χ2v) is 8.30. The number of likely N-dealkylation sites (tertiary alicyclic amines) is 1. The number of nitrogens with one attached hydrogen (secondary N) is 2. The molecule has 180 valence electrons. The molecular formula is C26H27N5O4. The minimum absolute atomic E-state index is 0.0629. The van der Waals surface area contributed by atoms with Crippen LogP contribution in [-0.4, -0.2) is 45.5 Å². The molecule has 2 heterocycles. The van der Waals surface area contributed by atoms with Gasteiger partial charge in [-0.25, -0.2) is 4.68 Å². The van der Waals surface area contributed by atoms with Crippen LogP contribution in [0.4, 0.5) is 0 Å². The van der Waals surface area contributed by atoms with E-state index in [-0.39, 0.29) is 29.0 Å². The lowest BCUT2D eigenvalue weighted by Crippen LogP contribution is -2.48. The first-order valence-corrected chi connectivity index (χ1v) is 11.6. The van der Waals surface area contributed by atoms with Gasteiger partial charge in [0.2, 0.25) is 11.8 Å². The number of amides is 3. The predicted octanol–water partition coefficient (Wildman–Crippen LogP) is 2.13. The maximum atomic E-state index is 12.8. The van der Waals surface area contributed by atoms with Gasteiger partial charge in [0.25, 0.3) is 11.5 Å². The molecule has 1 aliphatic rings. The third-order valence-corrected chi connectivity index (χ3v) is 6.08. The minimum Gasteiger partial charge on any atom is -0.339 e. The molecular weight excluding hydrogens is 446 g/mol. The van der Waals surface area contributed by atoms with Crippen molar-refractivity contribution >= 4 is 34.6 Å². The molecule has 9 heteroatoms. The normalized spacial score (nSPS) is 14.3. The molecule has 9 nitrogen and oxygen atoms in total. The zero-order valence-corrected chi connectivity index (χ0v) is 19.4. The van der Waals surface area contributed by atoms with Crippen LogP contribution < -0.4 is 16.4 Å². The lowest BCUT2D eigenvalue weighted by atomic mass is 9.96. The van der Waals surface area contributed by atoms with Crippen LogP contribution in [0.25, 0.3) is 16.8 Å². The molecule has 0 unspecified atom stereocenters. The molecule has 0 saturated carbocycles. The average Bonchev–Trinajstić information content (AvgIpc) is 2.91. The zero-order chi connectivity index (χ0) is 24.8. The SMILES string of the molecule is CCn1nc(C(=O)NNC(=O)C2CCN(C(=O)/C=C/c3ccccc3)CC2)c2ccccc2c1=O. The fourth-order valence-corrected chi connectivity index (χ4v) is 4.10. The number of aryl methyl sites for hydroxylation is 1. The molecule has 0 atom stereocenters. The molecule has 0 aliphatic carbocycles. The van der Waals surface area contributed by atoms with E-state index in [2.05, 4.69) is 16.0 Å². The molecule has 1 aliphatic heterocycles. The Bertz CT molecular complexity index is 1320. The van der Waals surface area contributed by atoms with Crippen LogP contribution in [0.1, 0.15) is 35.8 Å². The number of carbonyl (C=O) groups excluding carboxylic acids is 3. The van der Waals surface area contributed by atoms with Crippen molar-refractivity contribution < 1.29 is 14.4 Å². The van der Waals surface area contributed by atoms with Gasteiger partial charge in [0, 0.05) is 37.0 Å². The summed E-state index contributed by atoms with van der Waals surface area (Å²) in [4.78, 5) is 52.1. The summed E-state index contributed by atoms with van der Waals surface area (Å²) >= 11 is 0. The van der Waals surface area contributed by atoms with Gasteiger partial charge in [-0.05, 0) is 37.5 Å². The largest absolute Gasteiger partial charge is 0.339 e. The van der Waals surface area contributed by atoms with E-state index in [1.165, 1.54) is 4.68 Å². The van der Waals surface area contributed by atoms with E-state index in [0.29, 0.717) is 43.2 Å². The summed E-state index contributed by atoms with van der Waals surface area (Å²) in [5, 5.41) is 4.98. The van der Waals surface area contributed by atoms with Crippen LogP contribution in [0, 0.1) is 5.92 Å². The highest BCUT2D eigenvalue weighted by atomic mass is 16.2. The van der Waals surface area contributed by atoms with Crippen molar-refractivity contribution in [2.24, 2.45) is 5.92 Å².